The molecule has 144 valence electrons. The molecule has 0 N–H and O–H groups in total. The first kappa shape index (κ1) is 20.5. The maximum Gasteiger partial charge on any atom is 0.310 e. The molecule has 5 nitrogen and oxygen atoms in total. The van der Waals surface area contributed by atoms with Gasteiger partial charge in [-0.3, -0.25) is 9.59 Å². The van der Waals surface area contributed by atoms with Crippen LogP contribution in [-0.4, -0.2) is 32.0 Å². The van der Waals surface area contributed by atoms with Crippen molar-refractivity contribution in [1.29, 1.82) is 0 Å². The van der Waals surface area contributed by atoms with Crippen LogP contribution in [0.3, 0.4) is 0 Å². The summed E-state index contributed by atoms with van der Waals surface area (Å²) in [5.74, 6) is 0.157. The number of esters is 1. The van der Waals surface area contributed by atoms with Crippen molar-refractivity contribution < 1.29 is 19.1 Å². The number of benzene rings is 2. The maximum absolute atomic E-state index is 12.4. The molecular weight excluding hydrogens is 342 g/mol. The largest absolute Gasteiger partial charge is 0.496 e. The summed E-state index contributed by atoms with van der Waals surface area (Å²) in [5, 5.41) is 0. The third-order valence-electron chi connectivity index (χ3n) is 4.51. The number of methoxy groups -OCH3 is 1. The Bertz CT molecular complexity index is 797. The van der Waals surface area contributed by atoms with Crippen molar-refractivity contribution >= 4 is 17.4 Å². The van der Waals surface area contributed by atoms with Gasteiger partial charge in [-0.25, -0.2) is 0 Å². The third-order valence-corrected chi connectivity index (χ3v) is 4.51. The Labute approximate surface area is 160 Å². The van der Waals surface area contributed by atoms with Crippen molar-refractivity contribution in [2.75, 3.05) is 25.1 Å². The number of ether oxygens (including phenoxy) is 2. The molecule has 0 aliphatic carbocycles. The van der Waals surface area contributed by atoms with Gasteiger partial charge in [-0.1, -0.05) is 18.2 Å². The van der Waals surface area contributed by atoms with Crippen molar-refractivity contribution in [3.8, 4) is 5.75 Å². The summed E-state index contributed by atoms with van der Waals surface area (Å²) in [6, 6.07) is 13.0. The predicted molar refractivity (Wildman–Crippen MR) is 107 cm³/mol. The minimum absolute atomic E-state index is 0.0533. The van der Waals surface area contributed by atoms with Gasteiger partial charge in [0, 0.05) is 35.5 Å². The van der Waals surface area contributed by atoms with E-state index in [1.165, 1.54) is 14.0 Å². The Kier molecular flexibility index (Phi) is 7.41. The van der Waals surface area contributed by atoms with E-state index in [1.54, 1.807) is 18.2 Å². The van der Waals surface area contributed by atoms with Gasteiger partial charge >= 0.3 is 5.97 Å². The van der Waals surface area contributed by atoms with Crippen LogP contribution in [0, 0.1) is 0 Å². The number of anilines is 1. The summed E-state index contributed by atoms with van der Waals surface area (Å²) >= 11 is 0. The number of nitrogens with zero attached hydrogens (tertiary/aromatic N) is 1. The fraction of sp³-hybridized carbons (Fsp3) is 0.364. The van der Waals surface area contributed by atoms with Crippen LogP contribution in [-0.2, 0) is 22.6 Å². The zero-order valence-corrected chi connectivity index (χ0v) is 16.5. The van der Waals surface area contributed by atoms with Crippen LogP contribution in [0.2, 0.25) is 0 Å². The summed E-state index contributed by atoms with van der Waals surface area (Å²) in [6.45, 7) is 7.67. The number of hydrogen-bond acceptors (Lipinski definition) is 5. The van der Waals surface area contributed by atoms with E-state index in [-0.39, 0.29) is 24.8 Å². The number of carbonyl (C=O) groups is 2. The molecule has 0 saturated heterocycles. The average Bonchev–Trinajstić information content (AvgIpc) is 2.68. The molecule has 0 fully saturated rings. The highest BCUT2D eigenvalue weighted by Crippen LogP contribution is 2.23. The van der Waals surface area contributed by atoms with E-state index in [1.807, 2.05) is 24.3 Å². The molecule has 0 heterocycles. The second-order valence-electron chi connectivity index (χ2n) is 6.22. The first-order chi connectivity index (χ1) is 13.0. The van der Waals surface area contributed by atoms with Gasteiger partial charge in [0.05, 0.1) is 13.5 Å². The van der Waals surface area contributed by atoms with Crippen LogP contribution in [0.1, 0.15) is 42.3 Å². The van der Waals surface area contributed by atoms with E-state index in [0.29, 0.717) is 16.9 Å². The monoisotopic (exact) mass is 369 g/mol. The predicted octanol–water partition coefficient (Wildman–Crippen LogP) is 4.03. The van der Waals surface area contributed by atoms with Gasteiger partial charge in [0.1, 0.15) is 12.4 Å². The number of carbonyl (C=O) groups excluding carboxylic acids is 2. The van der Waals surface area contributed by atoms with Crippen LogP contribution in [0.5, 0.6) is 5.75 Å². The van der Waals surface area contributed by atoms with Crippen molar-refractivity contribution in [3.05, 3.63) is 59.2 Å². The smallest absolute Gasteiger partial charge is 0.310 e. The number of para-hydroxylation sites is 1. The van der Waals surface area contributed by atoms with Gasteiger partial charge in [0.15, 0.2) is 5.78 Å². The fourth-order valence-electron chi connectivity index (χ4n) is 3.01. The maximum atomic E-state index is 12.4. The molecule has 2 aromatic carbocycles. The molecule has 0 bridgehead atoms. The molecule has 0 atom stereocenters. The minimum Gasteiger partial charge on any atom is -0.496 e. The molecule has 0 unspecified atom stereocenters. The van der Waals surface area contributed by atoms with Gasteiger partial charge in [-0.15, -0.1) is 0 Å². The second-order valence-corrected chi connectivity index (χ2v) is 6.22. The molecule has 2 rings (SSSR count). The van der Waals surface area contributed by atoms with E-state index in [2.05, 4.69) is 18.7 Å². The lowest BCUT2D eigenvalue weighted by Crippen LogP contribution is -2.23. The molecule has 0 aliphatic heterocycles. The van der Waals surface area contributed by atoms with Crippen LogP contribution in [0.25, 0.3) is 0 Å². The highest BCUT2D eigenvalue weighted by Gasteiger charge is 2.14. The topological polar surface area (TPSA) is 55.8 Å². The van der Waals surface area contributed by atoms with Crippen molar-refractivity contribution in [2.45, 2.75) is 33.8 Å². The molecule has 0 aliphatic rings. The molecule has 27 heavy (non-hydrogen) atoms. The fourth-order valence-corrected chi connectivity index (χ4v) is 3.01. The molecule has 0 radical (unpaired) electrons. The number of rotatable bonds is 9. The Morgan fingerprint density at radius 3 is 2.33 bits per heavy atom. The van der Waals surface area contributed by atoms with Crippen molar-refractivity contribution in [2.24, 2.45) is 0 Å². The number of ketones is 1. The highest BCUT2D eigenvalue weighted by molar-refractivity contribution is 5.94. The van der Waals surface area contributed by atoms with Crippen LogP contribution >= 0.6 is 0 Å². The Balaban J connectivity index is 2.10. The second kappa shape index (κ2) is 9.76. The summed E-state index contributed by atoms with van der Waals surface area (Å²) in [4.78, 5) is 26.2. The first-order valence-electron chi connectivity index (χ1n) is 9.16. The minimum atomic E-state index is -0.358. The summed E-state index contributed by atoms with van der Waals surface area (Å²) in [7, 11) is 1.54. The lowest BCUT2D eigenvalue weighted by Gasteiger charge is -2.24. The molecule has 0 spiro atoms. The Morgan fingerprint density at radius 2 is 1.70 bits per heavy atom. The van der Waals surface area contributed by atoms with E-state index in [9.17, 15) is 9.59 Å². The molecule has 0 aromatic heterocycles. The molecular formula is C22H27NO4. The lowest BCUT2D eigenvalue weighted by atomic mass is 10.0. The van der Waals surface area contributed by atoms with Gasteiger partial charge in [0.25, 0.3) is 0 Å². The molecule has 2 aromatic rings. The first-order valence-corrected chi connectivity index (χ1v) is 9.16. The van der Waals surface area contributed by atoms with Gasteiger partial charge in [0.2, 0.25) is 0 Å². The lowest BCUT2D eigenvalue weighted by molar-refractivity contribution is -0.144. The van der Waals surface area contributed by atoms with Crippen LogP contribution in [0.4, 0.5) is 5.69 Å². The molecule has 5 heteroatoms. The normalized spacial score (nSPS) is 10.4. The van der Waals surface area contributed by atoms with E-state index < -0.39 is 0 Å². The number of Topliss-reactive ketones (excluding diaryl/α,β-unsaturated/α-hetero) is 1. The van der Waals surface area contributed by atoms with E-state index in [0.717, 1.165) is 24.3 Å². The van der Waals surface area contributed by atoms with Gasteiger partial charge < -0.3 is 14.4 Å². The van der Waals surface area contributed by atoms with Crippen molar-refractivity contribution in [3.63, 3.8) is 0 Å². The molecule has 0 amide bonds. The standard InChI is InChI=1S/C22H27NO4/c1-5-23(6-2)20-10-8-7-9-18(20)15-27-22(25)14-19-13-17(16(3)24)11-12-21(19)26-4/h7-13H,5-6,14-15H2,1-4H3. The van der Waals surface area contributed by atoms with Gasteiger partial charge in [-0.05, 0) is 45.0 Å². The summed E-state index contributed by atoms with van der Waals surface area (Å²) < 4.78 is 10.8. The van der Waals surface area contributed by atoms with Gasteiger partial charge in [-0.2, -0.15) is 0 Å². The zero-order chi connectivity index (χ0) is 19.8. The van der Waals surface area contributed by atoms with Crippen molar-refractivity contribution in [1.82, 2.24) is 0 Å². The third kappa shape index (κ3) is 5.33. The highest BCUT2D eigenvalue weighted by atomic mass is 16.5. The Hall–Kier alpha value is -2.82. The molecule has 0 saturated carbocycles. The summed E-state index contributed by atoms with van der Waals surface area (Å²) in [5.41, 5.74) is 3.24. The Morgan fingerprint density at radius 1 is 1.00 bits per heavy atom. The quantitative estimate of drug-likeness (QED) is 0.493. The van der Waals surface area contributed by atoms with Crippen LogP contribution < -0.4 is 9.64 Å². The number of hydrogen-bond donors (Lipinski definition) is 0. The van der Waals surface area contributed by atoms with Crippen LogP contribution in [0.15, 0.2) is 42.5 Å². The van der Waals surface area contributed by atoms with E-state index in [4.69, 9.17) is 9.47 Å². The van der Waals surface area contributed by atoms with E-state index >= 15 is 0 Å². The summed E-state index contributed by atoms with van der Waals surface area (Å²) in [6.07, 6.45) is 0.0533. The zero-order valence-electron chi connectivity index (χ0n) is 16.5. The SMILES string of the molecule is CCN(CC)c1ccccc1COC(=O)Cc1cc(C(C)=O)ccc1OC. The average molecular weight is 369 g/mol.